The minimum absolute atomic E-state index is 0.00303. The highest BCUT2D eigenvalue weighted by Gasteiger charge is 2.23. The van der Waals surface area contributed by atoms with E-state index in [0.717, 1.165) is 10.4 Å². The van der Waals surface area contributed by atoms with Crippen molar-refractivity contribution in [3.05, 3.63) is 87.6 Å². The van der Waals surface area contributed by atoms with Crippen molar-refractivity contribution in [3.63, 3.8) is 0 Å². The van der Waals surface area contributed by atoms with E-state index in [4.69, 9.17) is 9.47 Å². The van der Waals surface area contributed by atoms with Crippen LogP contribution in [0.15, 0.2) is 66.7 Å². The molecule has 0 aliphatic carbocycles. The fraction of sp³-hybridized carbons (Fsp3) is 0.333. The van der Waals surface area contributed by atoms with E-state index in [2.05, 4.69) is 19.1 Å². The summed E-state index contributed by atoms with van der Waals surface area (Å²) in [4.78, 5) is 32.6. The molecule has 6 nitrogen and oxygen atoms in total. The summed E-state index contributed by atoms with van der Waals surface area (Å²) in [6, 6.07) is 21.1. The van der Waals surface area contributed by atoms with Crippen LogP contribution in [-0.2, 0) is 22.6 Å². The second kappa shape index (κ2) is 12.9. The van der Waals surface area contributed by atoms with Crippen LogP contribution in [-0.4, -0.2) is 55.5 Å². The van der Waals surface area contributed by atoms with Gasteiger partial charge in [-0.05, 0) is 49.2 Å². The molecule has 2 aromatic carbocycles. The van der Waals surface area contributed by atoms with Crippen molar-refractivity contribution in [3.8, 4) is 5.75 Å². The molecule has 0 saturated carbocycles. The number of methoxy groups -OCH3 is 2. The summed E-state index contributed by atoms with van der Waals surface area (Å²) >= 11 is 1.68. The third-order valence-electron chi connectivity index (χ3n) is 5.42. The summed E-state index contributed by atoms with van der Waals surface area (Å²) in [5.74, 6) is 0.311. The van der Waals surface area contributed by atoms with Gasteiger partial charge in [0.25, 0.3) is 5.91 Å². The summed E-state index contributed by atoms with van der Waals surface area (Å²) < 4.78 is 10.4. The second-order valence-corrected chi connectivity index (χ2v) is 9.43. The molecule has 1 heterocycles. The van der Waals surface area contributed by atoms with Crippen molar-refractivity contribution in [1.29, 1.82) is 0 Å². The van der Waals surface area contributed by atoms with E-state index in [0.29, 0.717) is 44.0 Å². The predicted octanol–water partition coefficient (Wildman–Crippen LogP) is 4.77. The molecule has 0 saturated heterocycles. The lowest BCUT2D eigenvalue weighted by Crippen LogP contribution is -2.43. The molecular weight excluding hydrogens is 448 g/mol. The number of benzene rings is 2. The number of ether oxygens (including phenoxy) is 2. The van der Waals surface area contributed by atoms with Crippen molar-refractivity contribution in [2.75, 3.05) is 33.9 Å². The van der Waals surface area contributed by atoms with Crippen molar-refractivity contribution < 1.29 is 19.1 Å². The molecule has 0 spiro atoms. The molecule has 0 aliphatic rings. The predicted molar refractivity (Wildman–Crippen MR) is 135 cm³/mol. The standard InChI is InChI=1S/C27H32N2O4S/c1-21-13-14-25(34-21)19-29(18-22-9-5-4-6-10-22)26(30)20-28(15-8-16-32-2)27(31)23-11-7-12-24(17-23)33-3/h4-7,9-14,17H,8,15-16,18-20H2,1-3H3. The van der Waals surface area contributed by atoms with Gasteiger partial charge in [0, 0.05) is 42.1 Å². The van der Waals surface area contributed by atoms with Crippen LogP contribution in [0.1, 0.15) is 32.1 Å². The normalized spacial score (nSPS) is 10.7. The number of hydrogen-bond acceptors (Lipinski definition) is 5. The second-order valence-electron chi connectivity index (χ2n) is 8.05. The van der Waals surface area contributed by atoms with Crippen LogP contribution in [0.2, 0.25) is 0 Å². The van der Waals surface area contributed by atoms with Crippen LogP contribution in [0.5, 0.6) is 5.75 Å². The van der Waals surface area contributed by atoms with E-state index in [1.165, 1.54) is 4.88 Å². The van der Waals surface area contributed by atoms with Crippen LogP contribution >= 0.6 is 11.3 Å². The molecule has 2 amide bonds. The summed E-state index contributed by atoms with van der Waals surface area (Å²) in [5.41, 5.74) is 1.54. The number of aryl methyl sites for hydroxylation is 1. The molecule has 0 unspecified atom stereocenters. The Balaban J connectivity index is 1.81. The third kappa shape index (κ3) is 7.43. The van der Waals surface area contributed by atoms with E-state index in [-0.39, 0.29) is 18.4 Å². The monoisotopic (exact) mass is 480 g/mol. The van der Waals surface area contributed by atoms with Gasteiger partial charge in [0.2, 0.25) is 5.91 Å². The maximum absolute atomic E-state index is 13.5. The summed E-state index contributed by atoms with van der Waals surface area (Å²) in [6.45, 7) is 3.98. The van der Waals surface area contributed by atoms with E-state index in [1.807, 2.05) is 35.2 Å². The Bertz CT molecular complexity index is 1070. The Morgan fingerprint density at radius 3 is 2.38 bits per heavy atom. The number of carbonyl (C=O) groups excluding carboxylic acids is 2. The number of carbonyl (C=O) groups is 2. The van der Waals surface area contributed by atoms with E-state index in [1.54, 1.807) is 54.7 Å². The van der Waals surface area contributed by atoms with Crippen LogP contribution in [0.4, 0.5) is 0 Å². The van der Waals surface area contributed by atoms with Gasteiger partial charge in [-0.15, -0.1) is 11.3 Å². The lowest BCUT2D eigenvalue weighted by molar-refractivity contribution is -0.133. The van der Waals surface area contributed by atoms with Crippen LogP contribution in [0, 0.1) is 6.92 Å². The van der Waals surface area contributed by atoms with E-state index >= 15 is 0 Å². The highest BCUT2D eigenvalue weighted by Crippen LogP contribution is 2.20. The van der Waals surface area contributed by atoms with Gasteiger partial charge in [0.15, 0.2) is 0 Å². The van der Waals surface area contributed by atoms with Crippen molar-refractivity contribution >= 4 is 23.2 Å². The first-order valence-corrected chi connectivity index (χ1v) is 12.1. The average molecular weight is 481 g/mol. The first-order chi connectivity index (χ1) is 16.5. The van der Waals surface area contributed by atoms with Crippen molar-refractivity contribution in [1.82, 2.24) is 9.80 Å². The zero-order valence-corrected chi connectivity index (χ0v) is 20.8. The summed E-state index contributed by atoms with van der Waals surface area (Å²) in [5, 5.41) is 0. The molecule has 0 bridgehead atoms. The zero-order valence-electron chi connectivity index (χ0n) is 20.0. The minimum Gasteiger partial charge on any atom is -0.497 e. The largest absolute Gasteiger partial charge is 0.497 e. The van der Waals surface area contributed by atoms with Crippen molar-refractivity contribution in [2.45, 2.75) is 26.4 Å². The Labute approximate surface area is 205 Å². The molecule has 1 aromatic heterocycles. The molecule has 0 aliphatic heterocycles. The molecule has 7 heteroatoms. The van der Waals surface area contributed by atoms with E-state index < -0.39 is 0 Å². The van der Waals surface area contributed by atoms with Crippen molar-refractivity contribution in [2.24, 2.45) is 0 Å². The Morgan fingerprint density at radius 1 is 0.912 bits per heavy atom. The summed E-state index contributed by atoms with van der Waals surface area (Å²) in [7, 11) is 3.20. The fourth-order valence-electron chi connectivity index (χ4n) is 3.65. The topological polar surface area (TPSA) is 59.1 Å². The Hall–Kier alpha value is -3.16. The maximum atomic E-state index is 13.5. The van der Waals surface area contributed by atoms with Gasteiger partial charge < -0.3 is 19.3 Å². The van der Waals surface area contributed by atoms with Crippen LogP contribution in [0.3, 0.4) is 0 Å². The molecule has 0 fully saturated rings. The van der Waals surface area contributed by atoms with Gasteiger partial charge >= 0.3 is 0 Å². The van der Waals surface area contributed by atoms with E-state index in [9.17, 15) is 9.59 Å². The lowest BCUT2D eigenvalue weighted by atomic mass is 10.1. The first kappa shape index (κ1) is 25.5. The van der Waals surface area contributed by atoms with Crippen LogP contribution < -0.4 is 4.74 Å². The highest BCUT2D eigenvalue weighted by molar-refractivity contribution is 7.11. The lowest BCUT2D eigenvalue weighted by Gasteiger charge is -2.28. The fourth-order valence-corrected chi connectivity index (χ4v) is 4.55. The SMILES string of the molecule is COCCCN(CC(=O)N(Cc1ccccc1)Cc1ccc(C)s1)C(=O)c1cccc(OC)c1. The summed E-state index contributed by atoms with van der Waals surface area (Å²) in [6.07, 6.45) is 0.641. The number of nitrogens with zero attached hydrogens (tertiary/aromatic N) is 2. The molecule has 180 valence electrons. The Morgan fingerprint density at radius 2 is 1.71 bits per heavy atom. The smallest absolute Gasteiger partial charge is 0.254 e. The quantitative estimate of drug-likeness (QED) is 0.350. The number of rotatable bonds is 12. The van der Waals surface area contributed by atoms with Gasteiger partial charge in [-0.2, -0.15) is 0 Å². The van der Waals surface area contributed by atoms with Gasteiger partial charge in [0.1, 0.15) is 12.3 Å². The molecular formula is C27H32N2O4S. The number of thiophene rings is 1. The molecule has 0 radical (unpaired) electrons. The zero-order chi connectivity index (χ0) is 24.3. The molecule has 0 N–H and O–H groups in total. The molecule has 34 heavy (non-hydrogen) atoms. The van der Waals surface area contributed by atoms with Gasteiger partial charge in [-0.3, -0.25) is 9.59 Å². The maximum Gasteiger partial charge on any atom is 0.254 e. The van der Waals surface area contributed by atoms with Gasteiger partial charge in [-0.25, -0.2) is 0 Å². The Kier molecular flexibility index (Phi) is 9.67. The third-order valence-corrected chi connectivity index (χ3v) is 6.40. The molecule has 3 aromatic rings. The number of amides is 2. The number of hydrogen-bond donors (Lipinski definition) is 0. The first-order valence-electron chi connectivity index (χ1n) is 11.3. The van der Waals surface area contributed by atoms with Gasteiger partial charge in [0.05, 0.1) is 13.7 Å². The molecule has 0 atom stereocenters. The average Bonchev–Trinajstić information content (AvgIpc) is 3.27. The molecule has 3 rings (SSSR count). The van der Waals surface area contributed by atoms with Gasteiger partial charge in [-0.1, -0.05) is 36.4 Å². The van der Waals surface area contributed by atoms with Crippen LogP contribution in [0.25, 0.3) is 0 Å². The highest BCUT2D eigenvalue weighted by atomic mass is 32.1. The minimum atomic E-state index is -0.199.